The van der Waals surface area contributed by atoms with Crippen LogP contribution in [0.1, 0.15) is 26.3 Å². The van der Waals surface area contributed by atoms with E-state index in [9.17, 15) is 17.2 Å². The third kappa shape index (κ3) is 2.38. The summed E-state index contributed by atoms with van der Waals surface area (Å²) < 4.78 is 51.8. The zero-order chi connectivity index (χ0) is 16.2. The van der Waals surface area contributed by atoms with Gasteiger partial charge in [0.1, 0.15) is 27.8 Å². The molecular formula is C13H15BrF2N2O2S. The first kappa shape index (κ1) is 16.4. The van der Waals surface area contributed by atoms with E-state index in [0.717, 1.165) is 6.07 Å². The summed E-state index contributed by atoms with van der Waals surface area (Å²) in [6.45, 7) is 4.21. The van der Waals surface area contributed by atoms with Crippen molar-refractivity contribution in [3.63, 3.8) is 0 Å². The zero-order valence-electron chi connectivity index (χ0n) is 11.7. The van der Waals surface area contributed by atoms with E-state index >= 15 is 0 Å². The molecule has 1 atom stereocenters. The molecule has 0 aromatic heterocycles. The van der Waals surface area contributed by atoms with Crippen LogP contribution < -0.4 is 5.73 Å². The molecule has 1 aromatic rings. The standard InChI is InChI=1S/C13H15BrF2N2O2S/c1-12(2)11(17)18-13(3,6-21(12,19)20)9-8(15)5-4-7(14)10(9)16/h4-5H,6H2,1-3H3,(H2,17,18). The van der Waals surface area contributed by atoms with Crippen LogP contribution in [0.4, 0.5) is 8.78 Å². The van der Waals surface area contributed by atoms with Crippen molar-refractivity contribution in [1.82, 2.24) is 0 Å². The summed E-state index contributed by atoms with van der Waals surface area (Å²) in [5.41, 5.74) is 3.75. The third-order valence-corrected chi connectivity index (χ3v) is 7.13. The highest BCUT2D eigenvalue weighted by Crippen LogP contribution is 2.40. The van der Waals surface area contributed by atoms with Gasteiger partial charge in [0, 0.05) is 0 Å². The van der Waals surface area contributed by atoms with Gasteiger partial charge in [-0.05, 0) is 48.8 Å². The van der Waals surface area contributed by atoms with Gasteiger partial charge in [-0.2, -0.15) is 0 Å². The second kappa shape index (κ2) is 4.74. The van der Waals surface area contributed by atoms with Gasteiger partial charge in [0.05, 0.1) is 15.8 Å². The van der Waals surface area contributed by atoms with Crippen LogP contribution in [0, 0.1) is 11.6 Å². The highest BCUT2D eigenvalue weighted by molar-refractivity contribution is 9.10. The molecule has 0 saturated carbocycles. The summed E-state index contributed by atoms with van der Waals surface area (Å²) in [6.07, 6.45) is 0. The third-order valence-electron chi connectivity index (χ3n) is 3.82. The Morgan fingerprint density at radius 1 is 1.29 bits per heavy atom. The molecule has 2 N–H and O–H groups in total. The summed E-state index contributed by atoms with van der Waals surface area (Å²) in [5.74, 6) is -2.40. The van der Waals surface area contributed by atoms with Crippen molar-refractivity contribution >= 4 is 31.6 Å². The Kier molecular flexibility index (Phi) is 3.69. The van der Waals surface area contributed by atoms with Crippen molar-refractivity contribution in [2.45, 2.75) is 31.1 Å². The Bertz CT molecular complexity index is 747. The van der Waals surface area contributed by atoms with Crippen molar-refractivity contribution in [3.8, 4) is 0 Å². The molecule has 1 aromatic carbocycles. The normalized spacial score (nSPS) is 27.2. The van der Waals surface area contributed by atoms with E-state index in [0.29, 0.717) is 0 Å². The Hall–Kier alpha value is -1.02. The molecular weight excluding hydrogens is 366 g/mol. The molecule has 0 amide bonds. The number of hydrogen-bond donors (Lipinski definition) is 1. The highest BCUT2D eigenvalue weighted by Gasteiger charge is 2.50. The second-order valence-corrected chi connectivity index (χ2v) is 9.15. The Balaban J connectivity index is 2.77. The molecule has 2 rings (SSSR count). The van der Waals surface area contributed by atoms with Gasteiger partial charge < -0.3 is 5.73 Å². The molecule has 8 heteroatoms. The second-order valence-electron chi connectivity index (χ2n) is 5.76. The largest absolute Gasteiger partial charge is 0.386 e. The average molecular weight is 381 g/mol. The SMILES string of the molecule is CC1(c2c(F)ccc(Br)c2F)CS(=O)(=O)C(C)(C)C(N)=N1. The quantitative estimate of drug-likeness (QED) is 0.760. The molecule has 0 radical (unpaired) electrons. The van der Waals surface area contributed by atoms with E-state index in [-0.39, 0.29) is 10.3 Å². The fourth-order valence-corrected chi connectivity index (χ4v) is 4.30. The van der Waals surface area contributed by atoms with Gasteiger partial charge in [-0.1, -0.05) is 0 Å². The van der Waals surface area contributed by atoms with Crippen molar-refractivity contribution in [2.75, 3.05) is 5.75 Å². The van der Waals surface area contributed by atoms with Crippen LogP contribution in [0.5, 0.6) is 0 Å². The van der Waals surface area contributed by atoms with Gasteiger partial charge in [-0.15, -0.1) is 0 Å². The molecule has 0 bridgehead atoms. The minimum Gasteiger partial charge on any atom is -0.386 e. The Labute approximate surface area is 130 Å². The predicted molar refractivity (Wildman–Crippen MR) is 80.9 cm³/mol. The number of hydrogen-bond acceptors (Lipinski definition) is 4. The predicted octanol–water partition coefficient (Wildman–Crippen LogP) is 2.51. The molecule has 0 spiro atoms. The van der Waals surface area contributed by atoms with Crippen molar-refractivity contribution in [2.24, 2.45) is 10.7 Å². The van der Waals surface area contributed by atoms with Crippen molar-refractivity contribution in [3.05, 3.63) is 33.8 Å². The van der Waals surface area contributed by atoms with Crippen molar-refractivity contribution < 1.29 is 17.2 Å². The summed E-state index contributed by atoms with van der Waals surface area (Å²) in [7, 11) is -3.72. The van der Waals surface area contributed by atoms with Crippen LogP contribution in [-0.4, -0.2) is 24.8 Å². The molecule has 0 saturated heterocycles. The van der Waals surface area contributed by atoms with Crippen LogP contribution in [0.25, 0.3) is 0 Å². The van der Waals surface area contributed by atoms with Crippen LogP contribution in [0.3, 0.4) is 0 Å². The summed E-state index contributed by atoms with van der Waals surface area (Å²) in [6, 6.07) is 2.28. The van der Waals surface area contributed by atoms with E-state index < -0.39 is 43.1 Å². The van der Waals surface area contributed by atoms with E-state index in [2.05, 4.69) is 20.9 Å². The molecule has 1 heterocycles. The molecule has 4 nitrogen and oxygen atoms in total. The number of benzene rings is 1. The summed E-state index contributed by atoms with van der Waals surface area (Å²) >= 11 is 2.97. The minimum atomic E-state index is -3.72. The number of nitrogens with zero attached hydrogens (tertiary/aromatic N) is 1. The highest BCUT2D eigenvalue weighted by atomic mass is 79.9. The lowest BCUT2D eigenvalue weighted by Gasteiger charge is -2.38. The van der Waals surface area contributed by atoms with Crippen LogP contribution in [0.15, 0.2) is 21.6 Å². The molecule has 21 heavy (non-hydrogen) atoms. The number of halogens is 3. The maximum Gasteiger partial charge on any atom is 0.165 e. The number of amidine groups is 1. The molecule has 0 aliphatic carbocycles. The van der Waals surface area contributed by atoms with Crippen LogP contribution in [0.2, 0.25) is 0 Å². The fraction of sp³-hybridized carbons (Fsp3) is 0.462. The first-order chi connectivity index (χ1) is 9.42. The number of aliphatic imine (C=N–C) groups is 1. The minimum absolute atomic E-state index is 0.0381. The van der Waals surface area contributed by atoms with E-state index in [4.69, 9.17) is 5.73 Å². The molecule has 1 aliphatic rings. The van der Waals surface area contributed by atoms with Crippen LogP contribution in [-0.2, 0) is 15.4 Å². The smallest absolute Gasteiger partial charge is 0.165 e. The first-order valence-electron chi connectivity index (χ1n) is 6.14. The van der Waals surface area contributed by atoms with E-state index in [1.54, 1.807) is 0 Å². The van der Waals surface area contributed by atoms with Gasteiger partial charge >= 0.3 is 0 Å². The summed E-state index contributed by atoms with van der Waals surface area (Å²) in [5, 5.41) is 0. The first-order valence-corrected chi connectivity index (χ1v) is 8.59. The van der Waals surface area contributed by atoms with Gasteiger partial charge in [0.15, 0.2) is 9.84 Å². The number of sulfone groups is 1. The van der Waals surface area contributed by atoms with Crippen molar-refractivity contribution in [1.29, 1.82) is 0 Å². The van der Waals surface area contributed by atoms with Crippen LogP contribution >= 0.6 is 15.9 Å². The summed E-state index contributed by atoms with van der Waals surface area (Å²) in [4.78, 5) is 4.11. The Morgan fingerprint density at radius 2 is 1.86 bits per heavy atom. The Morgan fingerprint density at radius 3 is 2.38 bits per heavy atom. The molecule has 1 aliphatic heterocycles. The lowest BCUT2D eigenvalue weighted by molar-refractivity contribution is 0.444. The lowest BCUT2D eigenvalue weighted by atomic mass is 9.92. The monoisotopic (exact) mass is 380 g/mol. The molecule has 0 fully saturated rings. The van der Waals surface area contributed by atoms with E-state index in [1.807, 2.05) is 0 Å². The lowest BCUT2D eigenvalue weighted by Crippen LogP contribution is -2.55. The molecule has 116 valence electrons. The van der Waals surface area contributed by atoms with E-state index in [1.165, 1.54) is 26.8 Å². The zero-order valence-corrected chi connectivity index (χ0v) is 14.1. The van der Waals surface area contributed by atoms with Gasteiger partial charge in [0.2, 0.25) is 0 Å². The number of rotatable bonds is 1. The topological polar surface area (TPSA) is 72.5 Å². The van der Waals surface area contributed by atoms with Gasteiger partial charge in [-0.25, -0.2) is 17.2 Å². The van der Waals surface area contributed by atoms with Gasteiger partial charge in [0.25, 0.3) is 0 Å². The molecule has 1 unspecified atom stereocenters. The average Bonchev–Trinajstić information content (AvgIpc) is 2.31. The maximum atomic E-state index is 14.3. The maximum absolute atomic E-state index is 14.3. The fourth-order valence-electron chi connectivity index (χ4n) is 2.29. The number of nitrogens with two attached hydrogens (primary N) is 1. The van der Waals surface area contributed by atoms with Gasteiger partial charge in [-0.3, -0.25) is 4.99 Å².